The number of benzene rings is 1. The third kappa shape index (κ3) is 13.8. The molecular weight excluding hydrogens is 936 g/mol. The lowest BCUT2D eigenvalue weighted by Gasteiger charge is -2.49. The largest absolute Gasteiger partial charge is 0.459 e. The number of hydrogen-bond donors (Lipinski definition) is 8. The lowest BCUT2D eigenvalue weighted by molar-refractivity contribution is -0.318. The van der Waals surface area contributed by atoms with Crippen molar-refractivity contribution in [2.24, 2.45) is 23.5 Å². The number of nitrogens with one attached hydrogen (secondary N) is 2. The number of hydrazine groups is 2. The first kappa shape index (κ1) is 60.2. The Hall–Kier alpha value is -2.64. The number of methoxy groups -OCH3 is 2. The Labute approximate surface area is 427 Å². The molecule has 0 saturated carbocycles. The first-order valence-electron chi connectivity index (χ1n) is 25.9. The highest BCUT2D eigenvalue weighted by Crippen LogP contribution is 2.40. The maximum atomic E-state index is 14.7. The molecule has 0 amide bonds. The van der Waals surface area contributed by atoms with Crippen LogP contribution >= 0.6 is 0 Å². The van der Waals surface area contributed by atoms with Crippen LogP contribution in [0.3, 0.4) is 0 Å². The third-order valence-corrected chi connectivity index (χ3v) is 16.1. The van der Waals surface area contributed by atoms with Crippen LogP contribution in [-0.2, 0) is 44.5 Å². The van der Waals surface area contributed by atoms with Gasteiger partial charge in [0.25, 0.3) is 0 Å². The van der Waals surface area contributed by atoms with Crippen molar-refractivity contribution in [1.29, 1.82) is 0 Å². The van der Waals surface area contributed by atoms with Gasteiger partial charge in [0.1, 0.15) is 48.8 Å². The minimum atomic E-state index is -1.85. The second-order valence-corrected chi connectivity index (χ2v) is 22.1. The van der Waals surface area contributed by atoms with Crippen LogP contribution in [0, 0.1) is 17.8 Å². The molecule has 0 spiro atoms. The predicted octanol–water partition coefficient (Wildman–Crippen LogP) is 3.01. The summed E-state index contributed by atoms with van der Waals surface area (Å²) in [4.78, 5) is 18.4. The molecular formula is C52H91FN6O13. The summed E-state index contributed by atoms with van der Waals surface area (Å²) in [5.74, 6) is -2.84. The second kappa shape index (κ2) is 25.5. The van der Waals surface area contributed by atoms with E-state index in [-0.39, 0.29) is 31.3 Å². The van der Waals surface area contributed by atoms with E-state index in [0.717, 1.165) is 16.8 Å². The fourth-order valence-electron chi connectivity index (χ4n) is 11.5. The standard InChI is InChI=1S/C52H91FN6O13/c1-15-40-52(10,65)45(61)33(6)58(12)27-29(2)23-50(8,64)47(31(4)43(32(5)48(63)70-40)71-41-24-51(9,67-14)46(62)34(7)69-41)72-49-42(60)38(22-30(3)68-49)57(11)21-20-37-28-59(56-55-37)39(25-53)44(66-13)36-18-16-35(26-54)17-19-36/h16-19,28-34,38-47,49,55-56,60-62,64-65H,15,20-27,54H2,1-14H3/t29-,30-,31+,32-,33-,34+,38+,39-,40-,41+,42-,43+,44-,45-,46+,47-,49+,50-,51-,52-/m1/s1. The second-order valence-electron chi connectivity index (χ2n) is 22.1. The number of likely N-dealkylation sites (N-methyl/N-ethyl adjacent to an activating group) is 2. The number of ether oxygens (including phenoxy) is 7. The zero-order chi connectivity index (χ0) is 53.6. The monoisotopic (exact) mass is 1030 g/mol. The number of carbonyl (C=O) groups is 1. The molecule has 0 bridgehead atoms. The van der Waals surface area contributed by atoms with Gasteiger partial charge in [0.05, 0.1) is 41.5 Å². The number of halogens is 1. The topological polar surface area (TPSA) is 243 Å². The van der Waals surface area contributed by atoms with Crippen molar-refractivity contribution >= 4 is 5.97 Å². The lowest BCUT2D eigenvalue weighted by Crippen LogP contribution is -2.61. The predicted molar refractivity (Wildman–Crippen MR) is 268 cm³/mol. The van der Waals surface area contributed by atoms with Crippen molar-refractivity contribution in [2.75, 3.05) is 48.1 Å². The molecule has 1 aromatic rings. The molecule has 0 aromatic heterocycles. The van der Waals surface area contributed by atoms with Crippen molar-refractivity contribution in [3.63, 3.8) is 0 Å². The van der Waals surface area contributed by atoms with Gasteiger partial charge >= 0.3 is 5.97 Å². The van der Waals surface area contributed by atoms with Crippen molar-refractivity contribution in [3.05, 3.63) is 47.3 Å². The molecule has 0 aliphatic carbocycles. The van der Waals surface area contributed by atoms with Crippen molar-refractivity contribution < 1.29 is 67.9 Å². The van der Waals surface area contributed by atoms with Crippen LogP contribution in [0.4, 0.5) is 4.39 Å². The van der Waals surface area contributed by atoms with E-state index < -0.39 is 121 Å². The maximum Gasteiger partial charge on any atom is 0.311 e. The van der Waals surface area contributed by atoms with Crippen LogP contribution in [0.2, 0.25) is 0 Å². The van der Waals surface area contributed by atoms with Crippen molar-refractivity contribution in [1.82, 2.24) is 25.8 Å². The zero-order valence-corrected chi connectivity index (χ0v) is 45.4. The van der Waals surface area contributed by atoms with E-state index in [4.69, 9.17) is 38.9 Å². The molecule has 0 radical (unpaired) electrons. The molecule has 5 rings (SSSR count). The fourth-order valence-corrected chi connectivity index (χ4v) is 11.5. The van der Waals surface area contributed by atoms with Crippen LogP contribution in [0.25, 0.3) is 0 Å². The number of alkyl halides is 1. The molecule has 414 valence electrons. The number of nitrogens with zero attached hydrogens (tertiary/aromatic N) is 3. The van der Waals surface area contributed by atoms with Gasteiger partial charge in [-0.2, -0.15) is 0 Å². The highest BCUT2D eigenvalue weighted by Gasteiger charge is 2.53. The molecule has 4 heterocycles. The Bertz CT molecular complexity index is 1890. The van der Waals surface area contributed by atoms with Gasteiger partial charge in [-0.1, -0.05) is 45.0 Å². The van der Waals surface area contributed by atoms with Gasteiger partial charge in [-0.3, -0.25) is 9.80 Å². The summed E-state index contributed by atoms with van der Waals surface area (Å²) in [6.07, 6.45) is -7.56. The average Bonchev–Trinajstić information content (AvgIpc) is 3.81. The Kier molecular flexibility index (Phi) is 21.3. The Balaban J connectivity index is 1.44. The molecule has 20 heteroatoms. The fraction of sp³-hybridized carbons (Fsp3) is 0.827. The summed E-state index contributed by atoms with van der Waals surface area (Å²) in [5.41, 5.74) is 10.0. The molecule has 20 atom stereocenters. The molecule has 0 unspecified atom stereocenters. The van der Waals surface area contributed by atoms with E-state index >= 15 is 0 Å². The van der Waals surface area contributed by atoms with Gasteiger partial charge < -0.3 is 79.6 Å². The van der Waals surface area contributed by atoms with E-state index in [9.17, 15) is 34.7 Å². The number of nitrogens with two attached hydrogens (primary N) is 1. The maximum absolute atomic E-state index is 14.7. The molecule has 3 saturated heterocycles. The first-order valence-corrected chi connectivity index (χ1v) is 25.9. The van der Waals surface area contributed by atoms with Gasteiger partial charge in [-0.05, 0) is 98.9 Å². The number of aliphatic hydroxyl groups is 5. The summed E-state index contributed by atoms with van der Waals surface area (Å²) < 4.78 is 58.8. The summed E-state index contributed by atoms with van der Waals surface area (Å²) in [7, 11) is 6.79. The minimum absolute atomic E-state index is 0.0895. The summed E-state index contributed by atoms with van der Waals surface area (Å²) >= 11 is 0. The van der Waals surface area contributed by atoms with Gasteiger partial charge in [-0.25, -0.2) is 4.39 Å². The van der Waals surface area contributed by atoms with Gasteiger partial charge in [0.15, 0.2) is 12.6 Å². The smallest absolute Gasteiger partial charge is 0.311 e. The number of esters is 1. The van der Waals surface area contributed by atoms with Crippen molar-refractivity contribution in [2.45, 2.75) is 210 Å². The first-order chi connectivity index (χ1) is 33.8. The van der Waals surface area contributed by atoms with Crippen molar-refractivity contribution in [3.8, 4) is 0 Å². The summed E-state index contributed by atoms with van der Waals surface area (Å²) in [5, 5.41) is 61.4. The Morgan fingerprint density at radius 1 is 0.986 bits per heavy atom. The number of rotatable bonds is 16. The number of carbonyl (C=O) groups excluding carboxylic acids is 1. The van der Waals surface area contributed by atoms with E-state index in [1.807, 2.05) is 68.2 Å². The lowest BCUT2D eigenvalue weighted by atomic mass is 9.77. The number of aliphatic hydroxyl groups excluding tert-OH is 3. The molecule has 72 heavy (non-hydrogen) atoms. The summed E-state index contributed by atoms with van der Waals surface area (Å²) in [6.45, 7) is 18.1. The quantitative estimate of drug-likeness (QED) is 0.111. The Morgan fingerprint density at radius 2 is 1.65 bits per heavy atom. The van der Waals surface area contributed by atoms with E-state index in [1.54, 1.807) is 60.6 Å². The summed E-state index contributed by atoms with van der Waals surface area (Å²) in [6, 6.07) is 5.87. The third-order valence-electron chi connectivity index (χ3n) is 16.1. The van der Waals surface area contributed by atoms with E-state index in [1.165, 1.54) is 14.0 Å². The van der Waals surface area contributed by atoms with Crippen LogP contribution in [0.15, 0.2) is 36.2 Å². The molecule has 19 nitrogen and oxygen atoms in total. The van der Waals surface area contributed by atoms with Crippen LogP contribution in [0.1, 0.15) is 119 Å². The van der Waals surface area contributed by atoms with Crippen LogP contribution < -0.4 is 16.7 Å². The zero-order valence-electron chi connectivity index (χ0n) is 45.4. The minimum Gasteiger partial charge on any atom is -0.459 e. The highest BCUT2D eigenvalue weighted by molar-refractivity contribution is 5.73. The molecule has 1 aromatic carbocycles. The average molecular weight is 1030 g/mol. The van der Waals surface area contributed by atoms with Gasteiger partial charge in [-0.15, -0.1) is 5.53 Å². The molecule has 9 N–H and O–H groups in total. The molecule has 3 fully saturated rings. The van der Waals surface area contributed by atoms with Gasteiger partial charge in [0.2, 0.25) is 0 Å². The Morgan fingerprint density at radius 3 is 2.25 bits per heavy atom. The van der Waals surface area contributed by atoms with Crippen LogP contribution in [-0.4, -0.2) is 191 Å². The van der Waals surface area contributed by atoms with Crippen LogP contribution in [0.5, 0.6) is 0 Å². The van der Waals surface area contributed by atoms with Gasteiger partial charge in [0, 0.05) is 76.6 Å². The highest BCUT2D eigenvalue weighted by atomic mass is 19.1. The van der Waals surface area contributed by atoms with E-state index in [0.29, 0.717) is 32.5 Å². The normalized spacial score (nSPS) is 41.0. The molecule has 4 aliphatic heterocycles. The number of hydrogen-bond acceptors (Lipinski definition) is 19. The number of cyclic esters (lactones) is 1. The SMILES string of the molecule is CC[C@H]1OC(=O)[C@H](C)[C@@H](O[C@H]2C[C@@](C)(OC)[C@@H](O)[C@H](C)O2)[C@H](C)[C@@H](O[C@@H]2O[C@H](C)C[C@H](N(C)CCC3=CN([C@H](CF)[C@H](OC)c4ccc(CN)cc4)NN3)[C@H]2O)[C@](C)(O)C[C@@H](C)CN(C)[C@H](C)[C@@H](O)[C@]1(C)O. The molecule has 4 aliphatic rings. The van der Waals surface area contributed by atoms with E-state index in [2.05, 4.69) is 11.0 Å².